The fraction of sp³-hybridized carbons (Fsp3) is 0.211. The average molecular weight is 356 g/mol. The van der Waals surface area contributed by atoms with Gasteiger partial charge in [0.25, 0.3) is 5.91 Å². The van der Waals surface area contributed by atoms with E-state index in [9.17, 15) is 13.2 Å². The predicted molar refractivity (Wildman–Crippen MR) is 98.5 cm³/mol. The van der Waals surface area contributed by atoms with Gasteiger partial charge in [-0.3, -0.25) is 4.79 Å². The molecule has 0 spiro atoms. The number of nitrogens with one attached hydrogen (secondary N) is 1. The Bertz CT molecular complexity index is 930. The minimum atomic E-state index is -3.85. The van der Waals surface area contributed by atoms with E-state index in [1.54, 1.807) is 48.5 Å². The molecule has 0 saturated heterocycles. The number of rotatable bonds is 5. The molecule has 1 aliphatic heterocycles. The second-order valence-corrected chi connectivity index (χ2v) is 7.52. The zero-order chi connectivity index (χ0) is 18.0. The summed E-state index contributed by atoms with van der Waals surface area (Å²) in [7, 11) is -3.85. The highest BCUT2D eigenvalue weighted by molar-refractivity contribution is 7.97. The van der Waals surface area contributed by atoms with E-state index < -0.39 is 15.7 Å². The number of para-hydroxylation sites is 1. The number of anilines is 1. The molecule has 6 heteroatoms. The molecule has 0 radical (unpaired) electrons. The Kier molecular flexibility index (Phi) is 4.63. The van der Waals surface area contributed by atoms with Crippen LogP contribution in [-0.2, 0) is 14.6 Å². The van der Waals surface area contributed by atoms with Gasteiger partial charge in [-0.15, -0.1) is 0 Å². The number of fused-ring (bicyclic) bond motifs is 1. The third kappa shape index (κ3) is 2.93. The third-order valence-electron chi connectivity index (χ3n) is 4.23. The molecule has 2 aromatic rings. The van der Waals surface area contributed by atoms with E-state index >= 15 is 0 Å². The summed E-state index contributed by atoms with van der Waals surface area (Å²) < 4.78 is 26.0. The number of hydrogen-bond acceptors (Lipinski definition) is 4. The Morgan fingerprint density at radius 2 is 1.56 bits per heavy atom. The minimum absolute atomic E-state index is 0.179. The highest BCUT2D eigenvalue weighted by atomic mass is 32.2. The summed E-state index contributed by atoms with van der Waals surface area (Å²) in [6.07, 6.45) is 0. The summed E-state index contributed by atoms with van der Waals surface area (Å²) in [4.78, 5) is 14.8. The molecular weight excluding hydrogens is 336 g/mol. The SMILES string of the molecule is CCN(CC)C1=C(C(=O)Nc2ccccc2)S(=O)(=O)c2ccccc21. The van der Waals surface area contributed by atoms with Gasteiger partial charge in [0, 0.05) is 24.3 Å². The molecule has 0 saturated carbocycles. The maximum atomic E-state index is 13.0. The number of sulfone groups is 1. The van der Waals surface area contributed by atoms with Gasteiger partial charge in [0.05, 0.1) is 10.6 Å². The summed E-state index contributed by atoms with van der Waals surface area (Å²) in [5.41, 5.74) is 1.63. The smallest absolute Gasteiger partial charge is 0.269 e. The Morgan fingerprint density at radius 1 is 0.960 bits per heavy atom. The van der Waals surface area contributed by atoms with Crippen LogP contribution in [0.2, 0.25) is 0 Å². The van der Waals surface area contributed by atoms with Crippen LogP contribution in [0.3, 0.4) is 0 Å². The van der Waals surface area contributed by atoms with Crippen molar-refractivity contribution in [1.29, 1.82) is 0 Å². The van der Waals surface area contributed by atoms with Gasteiger partial charge < -0.3 is 10.2 Å². The van der Waals surface area contributed by atoms with Crippen molar-refractivity contribution >= 4 is 27.1 Å². The van der Waals surface area contributed by atoms with Crippen molar-refractivity contribution in [3.8, 4) is 0 Å². The van der Waals surface area contributed by atoms with E-state index in [2.05, 4.69) is 5.32 Å². The largest absolute Gasteiger partial charge is 0.370 e. The lowest BCUT2D eigenvalue weighted by atomic mass is 10.1. The highest BCUT2D eigenvalue weighted by Crippen LogP contribution is 2.41. The topological polar surface area (TPSA) is 66.5 Å². The first-order valence-corrected chi connectivity index (χ1v) is 9.69. The second-order valence-electron chi connectivity index (χ2n) is 5.67. The molecule has 1 amide bonds. The van der Waals surface area contributed by atoms with Gasteiger partial charge >= 0.3 is 0 Å². The molecule has 5 nitrogen and oxygen atoms in total. The Morgan fingerprint density at radius 3 is 2.20 bits per heavy atom. The molecule has 1 N–H and O–H groups in total. The first kappa shape index (κ1) is 17.2. The van der Waals surface area contributed by atoms with Gasteiger partial charge in [-0.05, 0) is 32.0 Å². The van der Waals surface area contributed by atoms with Crippen LogP contribution in [0.4, 0.5) is 5.69 Å². The van der Waals surface area contributed by atoms with Gasteiger partial charge in [-0.1, -0.05) is 36.4 Å². The van der Waals surface area contributed by atoms with Crippen LogP contribution in [0.5, 0.6) is 0 Å². The standard InChI is InChI=1S/C19H20N2O3S/c1-3-21(4-2)17-15-12-8-9-13-16(15)25(23,24)18(17)19(22)20-14-10-6-5-7-11-14/h5-13H,3-4H2,1-2H3,(H,20,22). The van der Waals surface area contributed by atoms with Crippen LogP contribution in [0.1, 0.15) is 19.4 Å². The van der Waals surface area contributed by atoms with E-state index in [4.69, 9.17) is 0 Å². The molecule has 0 aromatic heterocycles. The van der Waals surface area contributed by atoms with Gasteiger partial charge in [-0.2, -0.15) is 0 Å². The van der Waals surface area contributed by atoms with Crippen LogP contribution in [0, 0.1) is 0 Å². The molecular formula is C19H20N2O3S. The van der Waals surface area contributed by atoms with Crippen molar-refractivity contribution in [3.05, 3.63) is 65.1 Å². The number of hydrogen-bond donors (Lipinski definition) is 1. The quantitative estimate of drug-likeness (QED) is 0.894. The van der Waals surface area contributed by atoms with Crippen molar-refractivity contribution in [2.75, 3.05) is 18.4 Å². The summed E-state index contributed by atoms with van der Waals surface area (Å²) in [5, 5.41) is 2.70. The summed E-state index contributed by atoms with van der Waals surface area (Å²) >= 11 is 0. The predicted octanol–water partition coefficient (Wildman–Crippen LogP) is 3.12. The molecule has 0 bridgehead atoms. The molecule has 0 unspecified atom stereocenters. The van der Waals surface area contributed by atoms with Crippen molar-refractivity contribution in [2.45, 2.75) is 18.7 Å². The second kappa shape index (κ2) is 6.72. The fourth-order valence-electron chi connectivity index (χ4n) is 3.05. The Balaban J connectivity index is 2.15. The van der Waals surface area contributed by atoms with Crippen LogP contribution < -0.4 is 5.32 Å². The lowest BCUT2D eigenvalue weighted by Gasteiger charge is -2.23. The van der Waals surface area contributed by atoms with Crippen molar-refractivity contribution in [3.63, 3.8) is 0 Å². The molecule has 1 heterocycles. The number of benzene rings is 2. The van der Waals surface area contributed by atoms with Crippen molar-refractivity contribution in [2.24, 2.45) is 0 Å². The zero-order valence-corrected chi connectivity index (χ0v) is 15.0. The number of carbonyl (C=O) groups excluding carboxylic acids is 1. The van der Waals surface area contributed by atoms with Gasteiger partial charge in [0.2, 0.25) is 9.84 Å². The first-order valence-electron chi connectivity index (χ1n) is 8.20. The van der Waals surface area contributed by atoms with Gasteiger partial charge in [0.15, 0.2) is 4.91 Å². The molecule has 2 aromatic carbocycles. The normalized spacial score (nSPS) is 15.0. The van der Waals surface area contributed by atoms with E-state index in [1.165, 1.54) is 0 Å². The van der Waals surface area contributed by atoms with Crippen LogP contribution in [-0.4, -0.2) is 32.3 Å². The molecule has 3 rings (SSSR count). The van der Waals surface area contributed by atoms with E-state index in [-0.39, 0.29) is 9.80 Å². The van der Waals surface area contributed by atoms with E-state index in [0.29, 0.717) is 30.0 Å². The lowest BCUT2D eigenvalue weighted by Crippen LogP contribution is -2.26. The first-order chi connectivity index (χ1) is 12.0. The van der Waals surface area contributed by atoms with Crippen LogP contribution >= 0.6 is 0 Å². The molecule has 1 aliphatic rings. The number of carbonyl (C=O) groups is 1. The summed E-state index contributed by atoms with van der Waals surface area (Å²) in [6.45, 7) is 5.10. The zero-order valence-electron chi connectivity index (χ0n) is 14.2. The monoisotopic (exact) mass is 356 g/mol. The maximum absolute atomic E-state index is 13.0. The average Bonchev–Trinajstić information content (AvgIpc) is 2.85. The van der Waals surface area contributed by atoms with Gasteiger partial charge in [0.1, 0.15) is 0 Å². The minimum Gasteiger partial charge on any atom is -0.370 e. The van der Waals surface area contributed by atoms with E-state index in [1.807, 2.05) is 24.8 Å². The third-order valence-corrected chi connectivity index (χ3v) is 6.08. The van der Waals surface area contributed by atoms with Gasteiger partial charge in [-0.25, -0.2) is 8.42 Å². The lowest BCUT2D eigenvalue weighted by molar-refractivity contribution is -0.112. The maximum Gasteiger partial charge on any atom is 0.269 e. The molecule has 0 aliphatic carbocycles. The Hall–Kier alpha value is -2.60. The molecule has 0 atom stereocenters. The summed E-state index contributed by atoms with van der Waals surface area (Å²) in [6, 6.07) is 15.6. The molecule has 0 fully saturated rings. The summed E-state index contributed by atoms with van der Waals surface area (Å²) in [5.74, 6) is -0.607. The number of amides is 1. The van der Waals surface area contributed by atoms with Crippen LogP contribution in [0.15, 0.2) is 64.4 Å². The Labute approximate surface area is 147 Å². The molecule has 130 valence electrons. The van der Waals surface area contributed by atoms with Crippen LogP contribution in [0.25, 0.3) is 5.70 Å². The number of nitrogens with zero attached hydrogens (tertiary/aromatic N) is 1. The van der Waals surface area contributed by atoms with Crippen molar-refractivity contribution < 1.29 is 13.2 Å². The molecule has 25 heavy (non-hydrogen) atoms. The highest BCUT2D eigenvalue weighted by Gasteiger charge is 2.41. The fourth-order valence-corrected chi connectivity index (χ4v) is 4.77. The van der Waals surface area contributed by atoms with Crippen molar-refractivity contribution in [1.82, 2.24) is 4.90 Å². The van der Waals surface area contributed by atoms with E-state index in [0.717, 1.165) is 0 Å².